The lowest BCUT2D eigenvalue weighted by Crippen LogP contribution is -2.41. The second-order valence-electron chi connectivity index (χ2n) is 4.96. The number of benzene rings is 1. The molecule has 1 atom stereocenters. The monoisotopic (exact) mass is 249 g/mol. The van der Waals surface area contributed by atoms with E-state index in [0.29, 0.717) is 6.42 Å². The van der Waals surface area contributed by atoms with Gasteiger partial charge in [-0.05, 0) is 50.5 Å². The highest BCUT2D eigenvalue weighted by atomic mass is 16.5. The van der Waals surface area contributed by atoms with Gasteiger partial charge in [-0.1, -0.05) is 0 Å². The van der Waals surface area contributed by atoms with E-state index >= 15 is 0 Å². The van der Waals surface area contributed by atoms with Gasteiger partial charge in [-0.3, -0.25) is 0 Å². The van der Waals surface area contributed by atoms with Gasteiger partial charge in [0, 0.05) is 12.7 Å². The smallest absolute Gasteiger partial charge is 0.326 e. The lowest BCUT2D eigenvalue weighted by Gasteiger charge is -2.33. The van der Waals surface area contributed by atoms with E-state index in [9.17, 15) is 4.79 Å². The van der Waals surface area contributed by atoms with E-state index in [4.69, 9.17) is 9.84 Å². The standard InChI is InChI=1S/C14H19NO3/c1-9(2)18-11-5-7-12-10(8-11)4-6-13(14(16)17)15(12)3/h5,7-9,13H,4,6H2,1-3H3,(H,16,17). The molecule has 1 N–H and O–H groups in total. The van der Waals surface area contributed by atoms with Crippen LogP contribution in [0.5, 0.6) is 5.75 Å². The first-order valence-corrected chi connectivity index (χ1v) is 6.24. The first-order valence-electron chi connectivity index (χ1n) is 6.24. The summed E-state index contributed by atoms with van der Waals surface area (Å²) in [5.74, 6) is 0.0941. The molecule has 0 aliphatic carbocycles. The Morgan fingerprint density at radius 3 is 2.83 bits per heavy atom. The molecule has 18 heavy (non-hydrogen) atoms. The molecule has 0 saturated carbocycles. The fourth-order valence-electron chi connectivity index (χ4n) is 2.39. The number of hydrogen-bond donors (Lipinski definition) is 1. The number of ether oxygens (including phenoxy) is 1. The zero-order valence-corrected chi connectivity index (χ0v) is 11.0. The van der Waals surface area contributed by atoms with Gasteiger partial charge in [0.15, 0.2) is 0 Å². The first-order chi connectivity index (χ1) is 8.49. The summed E-state index contributed by atoms with van der Waals surface area (Å²) in [6.45, 7) is 3.98. The van der Waals surface area contributed by atoms with Crippen molar-refractivity contribution in [2.75, 3.05) is 11.9 Å². The Morgan fingerprint density at radius 2 is 2.22 bits per heavy atom. The topological polar surface area (TPSA) is 49.8 Å². The molecular formula is C14H19NO3. The second-order valence-corrected chi connectivity index (χ2v) is 4.96. The van der Waals surface area contributed by atoms with Crippen molar-refractivity contribution in [2.45, 2.75) is 38.8 Å². The maximum atomic E-state index is 11.1. The van der Waals surface area contributed by atoms with Gasteiger partial charge in [0.2, 0.25) is 0 Å². The summed E-state index contributed by atoms with van der Waals surface area (Å²) in [5.41, 5.74) is 2.15. The molecule has 4 nitrogen and oxygen atoms in total. The highest BCUT2D eigenvalue weighted by Gasteiger charge is 2.28. The van der Waals surface area contributed by atoms with Crippen molar-refractivity contribution < 1.29 is 14.6 Å². The Morgan fingerprint density at radius 1 is 1.50 bits per heavy atom. The van der Waals surface area contributed by atoms with Crippen LogP contribution in [0, 0.1) is 0 Å². The van der Waals surface area contributed by atoms with Crippen LogP contribution in [0.25, 0.3) is 0 Å². The number of carboxylic acid groups (broad SMARTS) is 1. The van der Waals surface area contributed by atoms with Gasteiger partial charge in [-0.15, -0.1) is 0 Å². The maximum absolute atomic E-state index is 11.1. The molecule has 0 bridgehead atoms. The molecule has 0 spiro atoms. The van der Waals surface area contributed by atoms with E-state index in [1.54, 1.807) is 0 Å². The maximum Gasteiger partial charge on any atom is 0.326 e. The predicted octanol–water partition coefficient (Wildman–Crippen LogP) is 2.31. The summed E-state index contributed by atoms with van der Waals surface area (Å²) in [5, 5.41) is 9.14. The van der Waals surface area contributed by atoms with Crippen molar-refractivity contribution >= 4 is 11.7 Å². The van der Waals surface area contributed by atoms with Crippen LogP contribution in [-0.4, -0.2) is 30.3 Å². The van der Waals surface area contributed by atoms with E-state index in [1.165, 1.54) is 0 Å². The molecule has 0 radical (unpaired) electrons. The van der Waals surface area contributed by atoms with Crippen LogP contribution in [0.4, 0.5) is 5.69 Å². The van der Waals surface area contributed by atoms with E-state index in [2.05, 4.69) is 0 Å². The lowest BCUT2D eigenvalue weighted by molar-refractivity contribution is -0.138. The Kier molecular flexibility index (Phi) is 3.45. The minimum atomic E-state index is -0.759. The molecule has 2 rings (SSSR count). The fraction of sp³-hybridized carbons (Fsp3) is 0.500. The van der Waals surface area contributed by atoms with E-state index in [-0.39, 0.29) is 6.10 Å². The normalized spacial score (nSPS) is 18.7. The van der Waals surface area contributed by atoms with Crippen LogP contribution < -0.4 is 9.64 Å². The Hall–Kier alpha value is -1.71. The number of fused-ring (bicyclic) bond motifs is 1. The van der Waals surface area contributed by atoms with Crippen molar-refractivity contribution in [3.63, 3.8) is 0 Å². The van der Waals surface area contributed by atoms with Gasteiger partial charge in [0.1, 0.15) is 11.8 Å². The average molecular weight is 249 g/mol. The molecular weight excluding hydrogens is 230 g/mol. The summed E-state index contributed by atoms with van der Waals surface area (Å²) < 4.78 is 5.65. The minimum absolute atomic E-state index is 0.149. The summed E-state index contributed by atoms with van der Waals surface area (Å²) in [6.07, 6.45) is 1.58. The van der Waals surface area contributed by atoms with E-state index < -0.39 is 12.0 Å². The van der Waals surface area contributed by atoms with Crippen LogP contribution >= 0.6 is 0 Å². The van der Waals surface area contributed by atoms with Gasteiger partial charge in [0.05, 0.1) is 6.10 Å². The predicted molar refractivity (Wildman–Crippen MR) is 70.4 cm³/mol. The summed E-state index contributed by atoms with van der Waals surface area (Å²) in [6, 6.07) is 5.44. The third-order valence-electron chi connectivity index (χ3n) is 3.24. The van der Waals surface area contributed by atoms with Gasteiger partial charge in [-0.2, -0.15) is 0 Å². The number of anilines is 1. The van der Waals surface area contributed by atoms with Crippen molar-refractivity contribution in [3.05, 3.63) is 23.8 Å². The fourth-order valence-corrected chi connectivity index (χ4v) is 2.39. The Labute approximate surface area is 107 Å². The largest absolute Gasteiger partial charge is 0.491 e. The zero-order chi connectivity index (χ0) is 13.3. The molecule has 1 aliphatic rings. The number of nitrogens with zero attached hydrogens (tertiary/aromatic N) is 1. The molecule has 1 heterocycles. The third kappa shape index (κ3) is 2.42. The van der Waals surface area contributed by atoms with Gasteiger partial charge < -0.3 is 14.7 Å². The first kappa shape index (κ1) is 12.7. The SMILES string of the molecule is CC(C)Oc1ccc2c(c1)CCC(C(=O)O)N2C. The lowest BCUT2D eigenvalue weighted by atomic mass is 9.96. The second kappa shape index (κ2) is 4.88. The van der Waals surface area contributed by atoms with E-state index in [0.717, 1.165) is 23.4 Å². The molecule has 0 fully saturated rings. The zero-order valence-electron chi connectivity index (χ0n) is 11.0. The van der Waals surface area contributed by atoms with Crippen LogP contribution in [0.1, 0.15) is 25.8 Å². The number of hydrogen-bond acceptors (Lipinski definition) is 3. The molecule has 0 aromatic heterocycles. The molecule has 4 heteroatoms. The average Bonchev–Trinajstić information content (AvgIpc) is 2.27. The number of likely N-dealkylation sites (N-methyl/N-ethyl adjacent to an activating group) is 1. The Bertz CT molecular complexity index is 456. The summed E-state index contributed by atoms with van der Waals surface area (Å²) in [7, 11) is 1.83. The van der Waals surface area contributed by atoms with Crippen LogP contribution in [-0.2, 0) is 11.2 Å². The highest BCUT2D eigenvalue weighted by molar-refractivity contribution is 5.79. The number of aliphatic carboxylic acids is 1. The summed E-state index contributed by atoms with van der Waals surface area (Å²) >= 11 is 0. The molecule has 1 aromatic rings. The number of aryl methyl sites for hydroxylation is 1. The molecule has 98 valence electrons. The van der Waals surface area contributed by atoms with E-state index in [1.807, 2.05) is 44.0 Å². The number of rotatable bonds is 3. The third-order valence-corrected chi connectivity index (χ3v) is 3.24. The number of carbonyl (C=O) groups is 1. The van der Waals surface area contributed by atoms with Crippen molar-refractivity contribution in [1.82, 2.24) is 0 Å². The minimum Gasteiger partial charge on any atom is -0.491 e. The molecule has 1 unspecified atom stereocenters. The van der Waals surface area contributed by atoms with Crippen LogP contribution in [0.2, 0.25) is 0 Å². The molecule has 1 aliphatic heterocycles. The highest BCUT2D eigenvalue weighted by Crippen LogP contribution is 2.32. The number of carboxylic acids is 1. The summed E-state index contributed by atoms with van der Waals surface area (Å²) in [4.78, 5) is 13.0. The molecule has 1 aromatic carbocycles. The van der Waals surface area contributed by atoms with Crippen molar-refractivity contribution in [3.8, 4) is 5.75 Å². The molecule has 0 amide bonds. The van der Waals surface area contributed by atoms with Gasteiger partial charge in [-0.25, -0.2) is 4.79 Å². The molecule has 0 saturated heterocycles. The van der Waals surface area contributed by atoms with Gasteiger partial charge >= 0.3 is 5.97 Å². The van der Waals surface area contributed by atoms with Crippen molar-refractivity contribution in [2.24, 2.45) is 0 Å². The Balaban J connectivity index is 2.26. The quantitative estimate of drug-likeness (QED) is 0.893. The van der Waals surface area contributed by atoms with Gasteiger partial charge in [0.25, 0.3) is 0 Å². The van der Waals surface area contributed by atoms with Crippen LogP contribution in [0.3, 0.4) is 0 Å². The van der Waals surface area contributed by atoms with Crippen LogP contribution in [0.15, 0.2) is 18.2 Å². The van der Waals surface area contributed by atoms with Crippen molar-refractivity contribution in [1.29, 1.82) is 0 Å².